The molecule has 2 N–H and O–H groups in total. The van der Waals surface area contributed by atoms with Crippen LogP contribution in [-0.4, -0.2) is 4.98 Å². The average molecular weight is 220 g/mol. The fourth-order valence-corrected chi connectivity index (χ4v) is 2.00. The second-order valence-electron chi connectivity index (χ2n) is 3.04. The first kappa shape index (κ1) is 10.3. The maximum Gasteiger partial charge on any atom is 0.114 e. The van der Waals surface area contributed by atoms with E-state index in [2.05, 4.69) is 4.98 Å². The van der Waals surface area contributed by atoms with E-state index in [-0.39, 0.29) is 0 Å². The smallest absolute Gasteiger partial charge is 0.114 e. The van der Waals surface area contributed by atoms with Gasteiger partial charge in [-0.15, -0.1) is 0 Å². The number of thioether (sulfide) groups is 1. The number of furan rings is 1. The maximum atomic E-state index is 5.52. The molecule has 15 heavy (non-hydrogen) atoms. The van der Waals surface area contributed by atoms with Crippen LogP contribution < -0.4 is 5.73 Å². The van der Waals surface area contributed by atoms with Gasteiger partial charge in [-0.25, -0.2) is 4.98 Å². The summed E-state index contributed by atoms with van der Waals surface area (Å²) in [5.74, 6) is 1.76. The van der Waals surface area contributed by atoms with Crippen LogP contribution in [0.5, 0.6) is 0 Å². The van der Waals surface area contributed by atoms with E-state index in [0.717, 1.165) is 22.2 Å². The van der Waals surface area contributed by atoms with Gasteiger partial charge in [-0.05, 0) is 24.3 Å². The van der Waals surface area contributed by atoms with Crippen molar-refractivity contribution in [1.82, 2.24) is 4.98 Å². The van der Waals surface area contributed by atoms with Gasteiger partial charge in [0.05, 0.1) is 22.7 Å². The SMILES string of the molecule is NCc1cccc(SCc2ccco2)n1. The van der Waals surface area contributed by atoms with E-state index in [9.17, 15) is 0 Å². The Kier molecular flexibility index (Phi) is 3.42. The molecule has 4 heteroatoms. The number of rotatable bonds is 4. The summed E-state index contributed by atoms with van der Waals surface area (Å²) >= 11 is 1.65. The molecule has 78 valence electrons. The van der Waals surface area contributed by atoms with E-state index in [4.69, 9.17) is 10.2 Å². The molecule has 0 saturated carbocycles. The molecule has 2 aromatic heterocycles. The number of hydrogen-bond acceptors (Lipinski definition) is 4. The zero-order valence-electron chi connectivity index (χ0n) is 8.22. The quantitative estimate of drug-likeness (QED) is 0.804. The van der Waals surface area contributed by atoms with Crippen molar-refractivity contribution in [1.29, 1.82) is 0 Å². The Hall–Kier alpha value is -1.26. The molecule has 0 aliphatic carbocycles. The molecule has 0 aromatic carbocycles. The van der Waals surface area contributed by atoms with E-state index in [1.807, 2.05) is 30.3 Å². The highest BCUT2D eigenvalue weighted by Crippen LogP contribution is 2.20. The van der Waals surface area contributed by atoms with E-state index in [1.54, 1.807) is 18.0 Å². The zero-order valence-corrected chi connectivity index (χ0v) is 9.04. The van der Waals surface area contributed by atoms with Crippen molar-refractivity contribution in [2.45, 2.75) is 17.3 Å². The molecular weight excluding hydrogens is 208 g/mol. The Bertz CT molecular complexity index is 414. The van der Waals surface area contributed by atoms with Crippen LogP contribution in [0.4, 0.5) is 0 Å². The number of hydrogen-bond donors (Lipinski definition) is 1. The highest BCUT2D eigenvalue weighted by molar-refractivity contribution is 7.98. The van der Waals surface area contributed by atoms with Crippen LogP contribution in [-0.2, 0) is 12.3 Å². The van der Waals surface area contributed by atoms with Crippen LogP contribution in [0.2, 0.25) is 0 Å². The third kappa shape index (κ3) is 2.84. The predicted octanol–water partition coefficient (Wildman–Crippen LogP) is 2.43. The molecule has 0 fully saturated rings. The lowest BCUT2D eigenvalue weighted by atomic mass is 10.4. The number of pyridine rings is 1. The molecule has 0 atom stereocenters. The molecule has 2 rings (SSSR count). The van der Waals surface area contributed by atoms with Gasteiger partial charge < -0.3 is 10.2 Å². The lowest BCUT2D eigenvalue weighted by Gasteiger charge is -2.00. The van der Waals surface area contributed by atoms with Crippen molar-refractivity contribution in [2.75, 3.05) is 0 Å². The summed E-state index contributed by atoms with van der Waals surface area (Å²) in [6, 6.07) is 9.72. The largest absolute Gasteiger partial charge is 0.468 e. The number of aromatic nitrogens is 1. The summed E-state index contributed by atoms with van der Waals surface area (Å²) in [6.45, 7) is 0.481. The van der Waals surface area contributed by atoms with Gasteiger partial charge in [-0.1, -0.05) is 17.8 Å². The van der Waals surface area contributed by atoms with Crippen molar-refractivity contribution in [2.24, 2.45) is 5.73 Å². The number of nitrogens with two attached hydrogens (primary N) is 1. The molecule has 0 aliphatic heterocycles. The predicted molar refractivity (Wildman–Crippen MR) is 60.4 cm³/mol. The molecule has 2 heterocycles. The first-order valence-electron chi connectivity index (χ1n) is 4.69. The third-order valence-corrected chi connectivity index (χ3v) is 2.88. The summed E-state index contributed by atoms with van der Waals surface area (Å²) < 4.78 is 5.24. The standard InChI is InChI=1S/C11H12N2OS/c12-7-9-3-1-5-11(13-9)15-8-10-4-2-6-14-10/h1-6H,7-8,12H2. The first-order valence-corrected chi connectivity index (χ1v) is 5.68. The fraction of sp³-hybridized carbons (Fsp3) is 0.182. The monoisotopic (exact) mass is 220 g/mol. The normalized spacial score (nSPS) is 10.5. The highest BCUT2D eigenvalue weighted by Gasteiger charge is 2.00. The van der Waals surface area contributed by atoms with Crippen LogP contribution in [0.3, 0.4) is 0 Å². The Labute approximate surface area is 92.7 Å². The minimum atomic E-state index is 0.481. The van der Waals surface area contributed by atoms with Crippen LogP contribution in [0.25, 0.3) is 0 Å². The van der Waals surface area contributed by atoms with Crippen LogP contribution in [0.15, 0.2) is 46.0 Å². The Morgan fingerprint density at radius 2 is 2.20 bits per heavy atom. The summed E-state index contributed by atoms with van der Waals surface area (Å²) in [4.78, 5) is 4.39. The van der Waals surface area contributed by atoms with Crippen LogP contribution in [0.1, 0.15) is 11.5 Å². The molecular formula is C11H12N2OS. The second-order valence-corrected chi connectivity index (χ2v) is 4.03. The van der Waals surface area contributed by atoms with Gasteiger partial charge in [0.15, 0.2) is 0 Å². The van der Waals surface area contributed by atoms with Gasteiger partial charge in [-0.2, -0.15) is 0 Å². The summed E-state index contributed by atoms with van der Waals surface area (Å²) in [6.07, 6.45) is 1.68. The summed E-state index contributed by atoms with van der Waals surface area (Å²) in [5.41, 5.74) is 6.44. The summed E-state index contributed by atoms with van der Waals surface area (Å²) in [5, 5.41) is 0.981. The molecule has 0 unspecified atom stereocenters. The van der Waals surface area contributed by atoms with Gasteiger partial charge >= 0.3 is 0 Å². The van der Waals surface area contributed by atoms with Crippen LogP contribution >= 0.6 is 11.8 Å². The second kappa shape index (κ2) is 5.00. The van der Waals surface area contributed by atoms with Crippen LogP contribution in [0, 0.1) is 0 Å². The molecule has 0 spiro atoms. The average Bonchev–Trinajstić information content (AvgIpc) is 2.79. The Balaban J connectivity index is 1.98. The molecule has 0 amide bonds. The third-order valence-electron chi connectivity index (χ3n) is 1.93. The van der Waals surface area contributed by atoms with Crippen molar-refractivity contribution >= 4 is 11.8 Å². The Morgan fingerprint density at radius 1 is 1.27 bits per heavy atom. The number of nitrogens with zero attached hydrogens (tertiary/aromatic N) is 1. The lowest BCUT2D eigenvalue weighted by molar-refractivity contribution is 0.530. The van der Waals surface area contributed by atoms with Crippen molar-refractivity contribution in [3.05, 3.63) is 48.0 Å². The summed E-state index contributed by atoms with van der Waals surface area (Å²) in [7, 11) is 0. The van der Waals surface area contributed by atoms with Gasteiger partial charge in [0.25, 0.3) is 0 Å². The topological polar surface area (TPSA) is 52.0 Å². The van der Waals surface area contributed by atoms with E-state index in [1.165, 1.54) is 0 Å². The Morgan fingerprint density at radius 3 is 2.93 bits per heavy atom. The molecule has 2 aromatic rings. The highest BCUT2D eigenvalue weighted by atomic mass is 32.2. The van der Waals surface area contributed by atoms with Crippen molar-refractivity contribution < 1.29 is 4.42 Å². The van der Waals surface area contributed by atoms with Crippen molar-refractivity contribution in [3.8, 4) is 0 Å². The van der Waals surface area contributed by atoms with Gasteiger partial charge in [-0.3, -0.25) is 0 Å². The molecule has 0 saturated heterocycles. The maximum absolute atomic E-state index is 5.52. The van der Waals surface area contributed by atoms with Gasteiger partial charge in [0.1, 0.15) is 5.76 Å². The van der Waals surface area contributed by atoms with E-state index in [0.29, 0.717) is 6.54 Å². The minimum Gasteiger partial charge on any atom is -0.468 e. The molecule has 3 nitrogen and oxygen atoms in total. The minimum absolute atomic E-state index is 0.481. The molecule has 0 aliphatic rings. The zero-order chi connectivity index (χ0) is 10.5. The first-order chi connectivity index (χ1) is 7.38. The molecule has 0 bridgehead atoms. The fourth-order valence-electron chi connectivity index (χ4n) is 1.19. The van der Waals surface area contributed by atoms with Gasteiger partial charge in [0.2, 0.25) is 0 Å². The van der Waals surface area contributed by atoms with E-state index < -0.39 is 0 Å². The van der Waals surface area contributed by atoms with Gasteiger partial charge in [0, 0.05) is 6.54 Å². The van der Waals surface area contributed by atoms with E-state index >= 15 is 0 Å². The molecule has 0 radical (unpaired) electrons. The van der Waals surface area contributed by atoms with Crippen molar-refractivity contribution in [3.63, 3.8) is 0 Å². The lowest BCUT2D eigenvalue weighted by Crippen LogP contribution is -1.99.